The van der Waals surface area contributed by atoms with Crippen LogP contribution in [-0.4, -0.2) is 32.5 Å². The maximum Gasteiger partial charge on any atom is 0.155 e. The number of ketones is 1. The molecule has 0 aliphatic heterocycles. The van der Waals surface area contributed by atoms with Crippen molar-refractivity contribution in [1.29, 1.82) is 0 Å². The molecule has 8 heteroatoms. The fraction of sp³-hybridized carbons (Fsp3) is 0.211. The number of hydrogen-bond acceptors (Lipinski definition) is 5. The first-order chi connectivity index (χ1) is 12.4. The summed E-state index contributed by atoms with van der Waals surface area (Å²) in [4.78, 5) is 23.0. The second-order valence-corrected chi connectivity index (χ2v) is 5.62. The van der Waals surface area contributed by atoms with Crippen LogP contribution in [0.5, 0.6) is 5.75 Å². The van der Waals surface area contributed by atoms with Crippen molar-refractivity contribution in [3.63, 3.8) is 0 Å². The van der Waals surface area contributed by atoms with Crippen molar-refractivity contribution in [3.05, 3.63) is 55.0 Å². The molecule has 7 nitrogen and oxygen atoms in total. The SMILES string of the molecule is CC(=O)/C=C(/C)O.COc1ccc(-c2nc[n-]c2-c2cn(C)cn2)cc1.[Ir]. The molecule has 0 saturated heterocycles. The number of benzene rings is 1. The summed E-state index contributed by atoms with van der Waals surface area (Å²) in [6.45, 7) is 2.85. The van der Waals surface area contributed by atoms with Gasteiger partial charge in [-0.25, -0.2) is 4.98 Å². The Hall–Kier alpha value is -2.70. The number of aliphatic hydroxyl groups is 1. The average Bonchev–Trinajstić information content (AvgIpc) is 3.23. The first-order valence-electron chi connectivity index (χ1n) is 7.89. The molecule has 0 unspecified atom stereocenters. The van der Waals surface area contributed by atoms with Gasteiger partial charge in [-0.05, 0) is 42.9 Å². The number of methoxy groups -OCH3 is 1. The summed E-state index contributed by atoms with van der Waals surface area (Å²) >= 11 is 0. The summed E-state index contributed by atoms with van der Waals surface area (Å²) in [5.74, 6) is 0.759. The van der Waals surface area contributed by atoms with E-state index in [1.807, 2.05) is 42.1 Å². The number of carbonyl (C=O) groups is 1. The van der Waals surface area contributed by atoms with Crippen molar-refractivity contribution in [2.45, 2.75) is 13.8 Å². The normalized spacial score (nSPS) is 10.4. The summed E-state index contributed by atoms with van der Waals surface area (Å²) in [6, 6.07) is 7.75. The summed E-state index contributed by atoms with van der Waals surface area (Å²) in [7, 11) is 3.58. The van der Waals surface area contributed by atoms with Crippen LogP contribution in [0.3, 0.4) is 0 Å². The molecule has 0 aliphatic carbocycles. The van der Waals surface area contributed by atoms with E-state index >= 15 is 0 Å². The Balaban J connectivity index is 0.000000395. The monoisotopic (exact) mass is 546 g/mol. The van der Waals surface area contributed by atoms with Gasteiger partial charge < -0.3 is 24.4 Å². The van der Waals surface area contributed by atoms with Gasteiger partial charge in [-0.15, -0.1) is 0 Å². The second-order valence-electron chi connectivity index (χ2n) is 5.62. The van der Waals surface area contributed by atoms with Crippen LogP contribution >= 0.6 is 0 Å². The molecule has 0 fully saturated rings. The van der Waals surface area contributed by atoms with Crippen molar-refractivity contribution >= 4 is 5.78 Å². The number of aromatic nitrogens is 4. The molecule has 0 bridgehead atoms. The smallest absolute Gasteiger partial charge is 0.155 e. The Kier molecular flexibility index (Phi) is 8.65. The average molecular weight is 546 g/mol. The summed E-state index contributed by atoms with van der Waals surface area (Å²) in [5, 5.41) is 8.36. The Labute approximate surface area is 171 Å². The van der Waals surface area contributed by atoms with Gasteiger partial charge in [-0.2, -0.15) is 0 Å². The standard InChI is InChI=1S/C14H13N4O.C5H8O2.Ir/c1-18-7-12(17-9-18)14-13(15-8-16-14)10-3-5-11(19-2)6-4-10;1-4(6)3-5(2)7;/h3-9H,1-2H3;3,6H,1-2H3;/q-1;;/b;4-3-;. The molecule has 3 rings (SSSR count). The van der Waals surface area contributed by atoms with Crippen molar-refractivity contribution < 1.29 is 34.7 Å². The molecule has 3 aromatic rings. The molecule has 1 radical (unpaired) electrons. The molecule has 0 atom stereocenters. The predicted molar refractivity (Wildman–Crippen MR) is 98.8 cm³/mol. The third-order valence-corrected chi connectivity index (χ3v) is 3.32. The Morgan fingerprint density at radius 2 is 1.89 bits per heavy atom. The third-order valence-electron chi connectivity index (χ3n) is 3.32. The van der Waals surface area contributed by atoms with Gasteiger partial charge in [0.2, 0.25) is 0 Å². The number of ether oxygens (including phenoxy) is 1. The van der Waals surface area contributed by atoms with E-state index in [0.717, 1.165) is 28.4 Å². The Bertz CT molecular complexity index is 894. The van der Waals surface area contributed by atoms with E-state index in [4.69, 9.17) is 9.84 Å². The minimum absolute atomic E-state index is 0. The fourth-order valence-electron chi connectivity index (χ4n) is 2.24. The molecular formula is C19H21IrN4O3-. The zero-order chi connectivity index (χ0) is 19.1. The van der Waals surface area contributed by atoms with Crippen LogP contribution in [0.4, 0.5) is 0 Å². The van der Waals surface area contributed by atoms with Gasteiger partial charge >= 0.3 is 0 Å². The summed E-state index contributed by atoms with van der Waals surface area (Å²) in [6.07, 6.45) is 6.41. The Morgan fingerprint density at radius 1 is 1.22 bits per heavy atom. The zero-order valence-corrected chi connectivity index (χ0v) is 17.9. The van der Waals surface area contributed by atoms with E-state index in [1.165, 1.54) is 19.9 Å². The number of nitrogens with zero attached hydrogens (tertiary/aromatic N) is 4. The van der Waals surface area contributed by atoms with Gasteiger partial charge in [0.05, 0.1) is 24.9 Å². The number of aliphatic hydroxyl groups excluding tert-OH is 1. The fourth-order valence-corrected chi connectivity index (χ4v) is 2.24. The van der Waals surface area contributed by atoms with Gasteiger partial charge in [-0.3, -0.25) is 4.79 Å². The largest absolute Gasteiger partial charge is 0.512 e. The Morgan fingerprint density at radius 3 is 2.33 bits per heavy atom. The molecule has 1 aromatic carbocycles. The molecule has 0 saturated carbocycles. The molecule has 2 aromatic heterocycles. The third kappa shape index (κ3) is 6.51. The summed E-state index contributed by atoms with van der Waals surface area (Å²) < 4.78 is 7.04. The van der Waals surface area contributed by atoms with Crippen molar-refractivity contribution in [3.8, 4) is 28.4 Å². The molecule has 27 heavy (non-hydrogen) atoms. The maximum absolute atomic E-state index is 10.0. The number of rotatable bonds is 4. The molecule has 1 N–H and O–H groups in total. The van der Waals surface area contributed by atoms with Crippen LogP contribution in [0.15, 0.2) is 55.0 Å². The minimum atomic E-state index is -0.125. The van der Waals surface area contributed by atoms with Gasteiger partial charge in [0.15, 0.2) is 5.78 Å². The molecule has 145 valence electrons. The number of aryl methyl sites for hydroxylation is 1. The maximum atomic E-state index is 10.0. The molecule has 2 heterocycles. The van der Waals surface area contributed by atoms with Crippen LogP contribution in [0, 0.1) is 0 Å². The van der Waals surface area contributed by atoms with Crippen LogP contribution < -0.4 is 9.72 Å². The van der Waals surface area contributed by atoms with Crippen LogP contribution in [0.25, 0.3) is 22.6 Å². The van der Waals surface area contributed by atoms with Crippen LogP contribution in [0.2, 0.25) is 0 Å². The van der Waals surface area contributed by atoms with Gasteiger partial charge in [0, 0.05) is 39.4 Å². The van der Waals surface area contributed by atoms with Gasteiger partial charge in [0.1, 0.15) is 5.75 Å². The van der Waals surface area contributed by atoms with E-state index in [1.54, 1.807) is 19.8 Å². The molecule has 0 amide bonds. The van der Waals surface area contributed by atoms with E-state index in [2.05, 4.69) is 15.0 Å². The van der Waals surface area contributed by atoms with E-state index < -0.39 is 0 Å². The van der Waals surface area contributed by atoms with Crippen molar-refractivity contribution in [2.24, 2.45) is 7.05 Å². The molecule has 0 aliphatic rings. The zero-order valence-electron chi connectivity index (χ0n) is 15.5. The van der Waals surface area contributed by atoms with Crippen LogP contribution in [-0.2, 0) is 31.9 Å². The number of carbonyl (C=O) groups excluding carboxylic acids is 1. The number of allylic oxidation sites excluding steroid dienone is 2. The summed E-state index contributed by atoms with van der Waals surface area (Å²) in [5.41, 5.74) is 3.46. The molecule has 0 spiro atoms. The second kappa shape index (κ2) is 10.4. The predicted octanol–water partition coefficient (Wildman–Crippen LogP) is 3.15. The van der Waals surface area contributed by atoms with E-state index in [0.29, 0.717) is 0 Å². The van der Waals surface area contributed by atoms with Crippen LogP contribution in [0.1, 0.15) is 13.8 Å². The first-order valence-corrected chi connectivity index (χ1v) is 7.89. The quantitative estimate of drug-likeness (QED) is 0.400. The van der Waals surface area contributed by atoms with Crippen molar-refractivity contribution in [2.75, 3.05) is 7.11 Å². The van der Waals surface area contributed by atoms with E-state index in [-0.39, 0.29) is 31.6 Å². The first kappa shape index (κ1) is 22.3. The molecular weight excluding hydrogens is 524 g/mol. The number of imidazole rings is 2. The van der Waals surface area contributed by atoms with E-state index in [9.17, 15) is 4.79 Å². The minimum Gasteiger partial charge on any atom is -0.512 e. The van der Waals surface area contributed by atoms with Crippen molar-refractivity contribution in [1.82, 2.24) is 19.5 Å². The van der Waals surface area contributed by atoms with Gasteiger partial charge in [-0.1, -0.05) is 18.5 Å². The number of hydrogen-bond donors (Lipinski definition) is 1. The topological polar surface area (TPSA) is 91.3 Å². The van der Waals surface area contributed by atoms with Gasteiger partial charge in [0.25, 0.3) is 0 Å².